The minimum Gasteiger partial charge on any atom is -0.399 e. The van der Waals surface area contributed by atoms with Crippen LogP contribution in [0, 0.1) is 0 Å². The molecule has 0 bridgehead atoms. The number of sulfone groups is 1. The van der Waals surface area contributed by atoms with Crippen LogP contribution in [0.15, 0.2) is 29.2 Å². The van der Waals surface area contributed by atoms with E-state index in [1.807, 2.05) is 0 Å². The lowest BCUT2D eigenvalue weighted by molar-refractivity contribution is -0.117. The highest BCUT2D eigenvalue weighted by atomic mass is 32.2. The topological polar surface area (TPSA) is 103 Å². The Morgan fingerprint density at radius 3 is 2.20 bits per heavy atom. The van der Waals surface area contributed by atoms with Crippen molar-refractivity contribution < 1.29 is 13.2 Å². The molecule has 0 atom stereocenters. The second-order valence-corrected chi connectivity index (χ2v) is 5.21. The lowest BCUT2D eigenvalue weighted by Crippen LogP contribution is -2.17. The molecule has 0 aliphatic heterocycles. The van der Waals surface area contributed by atoms with Gasteiger partial charge in [-0.3, -0.25) is 4.79 Å². The van der Waals surface area contributed by atoms with Gasteiger partial charge in [-0.05, 0) is 24.3 Å². The Labute approximate surface area is 88.0 Å². The van der Waals surface area contributed by atoms with Crippen LogP contribution in [0.5, 0.6) is 0 Å². The third kappa shape index (κ3) is 3.25. The Balaban J connectivity index is 2.87. The Kier molecular flexibility index (Phi) is 3.31. The van der Waals surface area contributed by atoms with Crippen LogP contribution in [-0.4, -0.2) is 20.1 Å². The molecule has 5 nitrogen and oxygen atoms in total. The van der Waals surface area contributed by atoms with E-state index in [2.05, 4.69) is 0 Å². The molecule has 0 radical (unpaired) electrons. The van der Waals surface area contributed by atoms with Crippen molar-refractivity contribution in [1.82, 2.24) is 0 Å². The second-order valence-electron chi connectivity index (χ2n) is 3.10. The van der Waals surface area contributed by atoms with Gasteiger partial charge in [0.2, 0.25) is 5.91 Å². The number of hydrogen-bond donors (Lipinski definition) is 2. The molecule has 82 valence electrons. The van der Waals surface area contributed by atoms with Crippen LogP contribution in [-0.2, 0) is 14.6 Å². The van der Waals surface area contributed by atoms with Crippen molar-refractivity contribution in [2.45, 2.75) is 11.3 Å². The molecule has 0 heterocycles. The molecule has 0 aliphatic rings. The summed E-state index contributed by atoms with van der Waals surface area (Å²) in [6.07, 6.45) is -0.174. The van der Waals surface area contributed by atoms with E-state index in [1.54, 1.807) is 0 Å². The number of nitrogens with two attached hydrogens (primary N) is 2. The van der Waals surface area contributed by atoms with Crippen LogP contribution >= 0.6 is 0 Å². The Morgan fingerprint density at radius 1 is 1.20 bits per heavy atom. The third-order valence-corrected chi connectivity index (χ3v) is 3.59. The van der Waals surface area contributed by atoms with Crippen molar-refractivity contribution >= 4 is 21.4 Å². The average molecular weight is 228 g/mol. The van der Waals surface area contributed by atoms with Gasteiger partial charge in [0.05, 0.1) is 10.6 Å². The van der Waals surface area contributed by atoms with Gasteiger partial charge in [-0.2, -0.15) is 0 Å². The maximum absolute atomic E-state index is 11.6. The molecule has 1 amide bonds. The van der Waals surface area contributed by atoms with Crippen molar-refractivity contribution in [2.75, 3.05) is 11.5 Å². The van der Waals surface area contributed by atoms with E-state index in [-0.39, 0.29) is 17.1 Å². The number of amides is 1. The third-order valence-electron chi connectivity index (χ3n) is 1.86. The molecule has 1 rings (SSSR count). The van der Waals surface area contributed by atoms with Gasteiger partial charge in [-0.25, -0.2) is 8.42 Å². The van der Waals surface area contributed by atoms with E-state index in [4.69, 9.17) is 11.5 Å². The fourth-order valence-corrected chi connectivity index (χ4v) is 2.28. The van der Waals surface area contributed by atoms with Crippen LogP contribution in [0.4, 0.5) is 5.69 Å². The van der Waals surface area contributed by atoms with Gasteiger partial charge in [-0.1, -0.05) is 0 Å². The highest BCUT2D eigenvalue weighted by Gasteiger charge is 2.14. The van der Waals surface area contributed by atoms with Crippen LogP contribution in [0.3, 0.4) is 0 Å². The standard InChI is InChI=1S/C9H12N2O3S/c10-7-1-3-8(4-2-7)15(13,14)6-5-9(11)12/h1-4H,5-6,10H2,(H2,11,12). The molecule has 1 aromatic rings. The maximum atomic E-state index is 11.6. The molecule has 0 spiro atoms. The highest BCUT2D eigenvalue weighted by molar-refractivity contribution is 7.91. The minimum atomic E-state index is -3.43. The van der Waals surface area contributed by atoms with Gasteiger partial charge in [0, 0.05) is 12.1 Å². The lowest BCUT2D eigenvalue weighted by Gasteiger charge is -2.02. The predicted molar refractivity (Wildman–Crippen MR) is 56.7 cm³/mol. The average Bonchev–Trinajstić information content (AvgIpc) is 2.16. The summed E-state index contributed by atoms with van der Waals surface area (Å²) in [7, 11) is -3.43. The molecular formula is C9H12N2O3S. The summed E-state index contributed by atoms with van der Waals surface area (Å²) >= 11 is 0. The molecule has 1 aromatic carbocycles. The molecular weight excluding hydrogens is 216 g/mol. The van der Waals surface area contributed by atoms with Crippen LogP contribution < -0.4 is 11.5 Å². The van der Waals surface area contributed by atoms with E-state index in [1.165, 1.54) is 24.3 Å². The van der Waals surface area contributed by atoms with E-state index >= 15 is 0 Å². The summed E-state index contributed by atoms with van der Waals surface area (Å²) in [5.74, 6) is -0.902. The summed E-state index contributed by atoms with van der Waals surface area (Å²) < 4.78 is 23.2. The molecule has 0 fully saturated rings. The molecule has 6 heteroatoms. The molecule has 0 saturated carbocycles. The number of rotatable bonds is 4. The quantitative estimate of drug-likeness (QED) is 0.703. The molecule has 0 unspecified atom stereocenters. The first kappa shape index (κ1) is 11.5. The summed E-state index contributed by atoms with van der Waals surface area (Å²) in [4.78, 5) is 10.6. The van der Waals surface area contributed by atoms with Gasteiger partial charge in [0.15, 0.2) is 9.84 Å². The zero-order valence-corrected chi connectivity index (χ0v) is 8.83. The van der Waals surface area contributed by atoms with Crippen molar-refractivity contribution in [3.63, 3.8) is 0 Å². The number of nitrogen functional groups attached to an aromatic ring is 1. The second kappa shape index (κ2) is 4.31. The summed E-state index contributed by atoms with van der Waals surface area (Å²) in [6.45, 7) is 0. The lowest BCUT2D eigenvalue weighted by atomic mass is 10.3. The van der Waals surface area contributed by atoms with Crippen LogP contribution in [0.1, 0.15) is 6.42 Å². The van der Waals surface area contributed by atoms with Crippen molar-refractivity contribution in [2.24, 2.45) is 5.73 Å². The van der Waals surface area contributed by atoms with E-state index < -0.39 is 15.7 Å². The molecule has 0 aliphatic carbocycles. The van der Waals surface area contributed by atoms with Crippen molar-refractivity contribution in [3.05, 3.63) is 24.3 Å². The molecule has 15 heavy (non-hydrogen) atoms. The number of primary amides is 1. The van der Waals surface area contributed by atoms with Gasteiger partial charge in [0.1, 0.15) is 0 Å². The zero-order chi connectivity index (χ0) is 11.5. The molecule has 4 N–H and O–H groups in total. The normalized spacial score (nSPS) is 11.2. The first-order valence-electron chi connectivity index (χ1n) is 4.28. The van der Waals surface area contributed by atoms with Gasteiger partial charge < -0.3 is 11.5 Å². The largest absolute Gasteiger partial charge is 0.399 e. The number of benzene rings is 1. The van der Waals surface area contributed by atoms with Crippen molar-refractivity contribution in [1.29, 1.82) is 0 Å². The number of hydrogen-bond acceptors (Lipinski definition) is 4. The number of carbonyl (C=O) groups is 1. The highest BCUT2D eigenvalue weighted by Crippen LogP contribution is 2.13. The fourth-order valence-electron chi connectivity index (χ4n) is 1.03. The van der Waals surface area contributed by atoms with E-state index in [9.17, 15) is 13.2 Å². The molecule has 0 aromatic heterocycles. The van der Waals surface area contributed by atoms with Gasteiger partial charge >= 0.3 is 0 Å². The Morgan fingerprint density at radius 2 is 1.73 bits per heavy atom. The first-order chi connectivity index (χ1) is 6.92. The fraction of sp³-hybridized carbons (Fsp3) is 0.222. The predicted octanol–water partition coefficient (Wildman–Crippen LogP) is -0.0821. The summed E-state index contributed by atoms with van der Waals surface area (Å²) in [5.41, 5.74) is 10.8. The minimum absolute atomic E-state index is 0.151. The number of anilines is 1. The molecule has 0 saturated heterocycles. The summed E-state index contributed by atoms with van der Waals surface area (Å²) in [6, 6.07) is 5.81. The monoisotopic (exact) mass is 228 g/mol. The van der Waals surface area contributed by atoms with Crippen molar-refractivity contribution in [3.8, 4) is 0 Å². The van der Waals surface area contributed by atoms with Gasteiger partial charge in [-0.15, -0.1) is 0 Å². The van der Waals surface area contributed by atoms with E-state index in [0.29, 0.717) is 5.69 Å². The maximum Gasteiger partial charge on any atom is 0.218 e. The van der Waals surface area contributed by atoms with Crippen LogP contribution in [0.2, 0.25) is 0 Å². The zero-order valence-electron chi connectivity index (χ0n) is 8.01. The van der Waals surface area contributed by atoms with Crippen LogP contribution in [0.25, 0.3) is 0 Å². The van der Waals surface area contributed by atoms with E-state index in [0.717, 1.165) is 0 Å². The first-order valence-corrected chi connectivity index (χ1v) is 5.93. The smallest absolute Gasteiger partial charge is 0.218 e. The SMILES string of the molecule is NC(=O)CCS(=O)(=O)c1ccc(N)cc1. The summed E-state index contributed by atoms with van der Waals surface area (Å²) in [5, 5.41) is 0. The Hall–Kier alpha value is -1.56. The van der Waals surface area contributed by atoms with Gasteiger partial charge in [0.25, 0.3) is 0 Å². The Bertz CT molecular complexity index is 451. The number of carbonyl (C=O) groups excluding carboxylic acids is 1.